The van der Waals surface area contributed by atoms with E-state index in [0.717, 1.165) is 24.5 Å². The molecule has 102 valence electrons. The Morgan fingerprint density at radius 1 is 1.28 bits per heavy atom. The lowest BCUT2D eigenvalue weighted by Crippen LogP contribution is -2.34. The van der Waals surface area contributed by atoms with E-state index in [9.17, 15) is 0 Å². The van der Waals surface area contributed by atoms with Crippen molar-refractivity contribution in [1.82, 2.24) is 4.67 Å². The van der Waals surface area contributed by atoms with Gasteiger partial charge in [-0.25, -0.2) is 0 Å². The van der Waals surface area contributed by atoms with Crippen molar-refractivity contribution >= 4 is 20.8 Å². The highest BCUT2D eigenvalue weighted by Crippen LogP contribution is 2.23. The SMILES string of the molecule is CC.Cc1ccc(N)c(NC2CCN(P)CC2)c1. The summed E-state index contributed by atoms with van der Waals surface area (Å²) in [6.45, 7) is 8.36. The van der Waals surface area contributed by atoms with Crippen LogP contribution in [-0.4, -0.2) is 23.8 Å². The van der Waals surface area contributed by atoms with Crippen LogP contribution in [0.5, 0.6) is 0 Å². The van der Waals surface area contributed by atoms with Crippen LogP contribution < -0.4 is 11.1 Å². The molecular formula is C14H26N3P. The van der Waals surface area contributed by atoms with Gasteiger partial charge >= 0.3 is 0 Å². The summed E-state index contributed by atoms with van der Waals surface area (Å²) < 4.78 is 2.29. The van der Waals surface area contributed by atoms with Gasteiger partial charge in [0.05, 0.1) is 11.4 Å². The first-order valence-corrected chi connectivity index (χ1v) is 7.29. The molecule has 1 aliphatic heterocycles. The van der Waals surface area contributed by atoms with E-state index < -0.39 is 0 Å². The van der Waals surface area contributed by atoms with Crippen molar-refractivity contribution < 1.29 is 0 Å². The van der Waals surface area contributed by atoms with Gasteiger partial charge in [0.15, 0.2) is 0 Å². The zero-order chi connectivity index (χ0) is 13.5. The maximum Gasteiger partial charge on any atom is 0.0578 e. The van der Waals surface area contributed by atoms with Crippen molar-refractivity contribution in [2.45, 2.75) is 39.7 Å². The summed E-state index contributed by atoms with van der Waals surface area (Å²) in [5.74, 6) is 0. The molecule has 0 aromatic heterocycles. The van der Waals surface area contributed by atoms with Crippen molar-refractivity contribution in [3.8, 4) is 0 Å². The number of rotatable bonds is 2. The van der Waals surface area contributed by atoms with Gasteiger partial charge in [-0.05, 0) is 37.5 Å². The highest BCUT2D eigenvalue weighted by atomic mass is 31.0. The third-order valence-corrected chi connectivity index (χ3v) is 3.61. The molecule has 1 aliphatic rings. The number of nitrogens with two attached hydrogens (primary N) is 1. The molecule has 0 saturated carbocycles. The summed E-state index contributed by atoms with van der Waals surface area (Å²) >= 11 is 0. The highest BCUT2D eigenvalue weighted by Gasteiger charge is 2.16. The van der Waals surface area contributed by atoms with Gasteiger partial charge in [-0.2, -0.15) is 0 Å². The molecule has 1 aromatic rings. The summed E-state index contributed by atoms with van der Waals surface area (Å²) in [6.07, 6.45) is 2.35. The molecule has 1 unspecified atom stereocenters. The second-order valence-corrected chi connectivity index (χ2v) is 5.28. The Kier molecular flexibility index (Phi) is 6.45. The van der Waals surface area contributed by atoms with Crippen LogP contribution in [0.2, 0.25) is 0 Å². The van der Waals surface area contributed by atoms with Gasteiger partial charge in [-0.3, -0.25) is 4.67 Å². The zero-order valence-electron chi connectivity index (χ0n) is 11.7. The topological polar surface area (TPSA) is 41.3 Å². The van der Waals surface area contributed by atoms with Crippen molar-refractivity contribution in [2.75, 3.05) is 24.1 Å². The third-order valence-electron chi connectivity index (χ3n) is 3.10. The van der Waals surface area contributed by atoms with E-state index in [1.54, 1.807) is 0 Å². The molecule has 1 atom stereocenters. The Labute approximate surface area is 113 Å². The molecule has 1 heterocycles. The van der Waals surface area contributed by atoms with Crippen molar-refractivity contribution in [3.05, 3.63) is 23.8 Å². The molecule has 0 aliphatic carbocycles. The fourth-order valence-corrected chi connectivity index (χ4v) is 2.36. The molecule has 2 rings (SSSR count). The maximum atomic E-state index is 5.96. The minimum absolute atomic E-state index is 0.556. The molecule has 1 fully saturated rings. The van der Waals surface area contributed by atoms with Gasteiger partial charge in [0.1, 0.15) is 0 Å². The number of anilines is 2. The molecule has 1 saturated heterocycles. The third kappa shape index (κ3) is 4.47. The lowest BCUT2D eigenvalue weighted by molar-refractivity contribution is 0.357. The number of aryl methyl sites for hydroxylation is 1. The quantitative estimate of drug-likeness (QED) is 0.638. The van der Waals surface area contributed by atoms with E-state index in [1.807, 2.05) is 26.0 Å². The smallest absolute Gasteiger partial charge is 0.0578 e. The number of piperidine rings is 1. The van der Waals surface area contributed by atoms with Crippen molar-refractivity contribution in [2.24, 2.45) is 0 Å². The first-order chi connectivity index (χ1) is 8.65. The number of nitrogens with one attached hydrogen (secondary N) is 1. The minimum Gasteiger partial charge on any atom is -0.397 e. The van der Waals surface area contributed by atoms with Crippen molar-refractivity contribution in [3.63, 3.8) is 0 Å². The van der Waals surface area contributed by atoms with E-state index in [0.29, 0.717) is 6.04 Å². The second-order valence-electron chi connectivity index (χ2n) is 4.55. The summed E-state index contributed by atoms with van der Waals surface area (Å²) in [4.78, 5) is 0. The Morgan fingerprint density at radius 2 is 1.89 bits per heavy atom. The standard InChI is InChI=1S/C12H20N3P.C2H6/c1-9-2-3-11(13)12(8-9)14-10-4-6-15(16)7-5-10;1-2/h2-3,8,10,14H,4-7,13,16H2,1H3;1-2H3. The maximum absolute atomic E-state index is 5.96. The number of hydrogen-bond donors (Lipinski definition) is 2. The predicted molar refractivity (Wildman–Crippen MR) is 84.9 cm³/mol. The van der Waals surface area contributed by atoms with Crippen LogP contribution in [0.15, 0.2) is 18.2 Å². The zero-order valence-corrected chi connectivity index (χ0v) is 12.9. The molecule has 0 radical (unpaired) electrons. The van der Waals surface area contributed by atoms with Gasteiger partial charge in [-0.15, -0.1) is 0 Å². The predicted octanol–water partition coefficient (Wildman–Crippen LogP) is 3.27. The van der Waals surface area contributed by atoms with E-state index >= 15 is 0 Å². The van der Waals surface area contributed by atoms with Crippen LogP contribution in [0, 0.1) is 6.92 Å². The van der Waals surface area contributed by atoms with Crippen LogP contribution in [0.4, 0.5) is 11.4 Å². The Balaban J connectivity index is 0.000000771. The first-order valence-electron chi connectivity index (χ1n) is 6.77. The van der Waals surface area contributed by atoms with Crippen LogP contribution >= 0.6 is 9.39 Å². The Morgan fingerprint density at radius 3 is 2.50 bits per heavy atom. The second kappa shape index (κ2) is 7.60. The van der Waals surface area contributed by atoms with Gasteiger partial charge in [-0.1, -0.05) is 29.3 Å². The van der Waals surface area contributed by atoms with Crippen molar-refractivity contribution in [1.29, 1.82) is 0 Å². The van der Waals surface area contributed by atoms with Crippen LogP contribution in [0.3, 0.4) is 0 Å². The molecule has 3 nitrogen and oxygen atoms in total. The van der Waals surface area contributed by atoms with Gasteiger partial charge in [0.25, 0.3) is 0 Å². The largest absolute Gasteiger partial charge is 0.397 e. The average Bonchev–Trinajstić information content (AvgIpc) is 2.39. The summed E-state index contributed by atoms with van der Waals surface area (Å²) in [7, 11) is 2.77. The molecule has 3 N–H and O–H groups in total. The minimum atomic E-state index is 0.556. The number of nitrogens with zero attached hydrogens (tertiary/aromatic N) is 1. The monoisotopic (exact) mass is 267 g/mol. The molecule has 4 heteroatoms. The van der Waals surface area contributed by atoms with E-state index in [1.165, 1.54) is 18.4 Å². The molecule has 0 amide bonds. The van der Waals surface area contributed by atoms with Gasteiger partial charge in [0.2, 0.25) is 0 Å². The summed E-state index contributed by atoms with van der Waals surface area (Å²) in [6, 6.07) is 6.71. The molecule has 0 spiro atoms. The fourth-order valence-electron chi connectivity index (χ4n) is 2.06. The average molecular weight is 267 g/mol. The van der Waals surface area contributed by atoms with E-state index in [4.69, 9.17) is 5.73 Å². The fraction of sp³-hybridized carbons (Fsp3) is 0.571. The van der Waals surface area contributed by atoms with Crippen LogP contribution in [0.1, 0.15) is 32.3 Å². The number of benzene rings is 1. The number of nitrogen functional groups attached to an aromatic ring is 1. The Hall–Kier alpha value is -0.790. The lowest BCUT2D eigenvalue weighted by Gasteiger charge is -2.30. The first kappa shape index (κ1) is 15.3. The molecule has 18 heavy (non-hydrogen) atoms. The summed E-state index contributed by atoms with van der Waals surface area (Å²) in [5.41, 5.74) is 9.14. The van der Waals surface area contributed by atoms with Gasteiger partial charge in [0, 0.05) is 19.1 Å². The summed E-state index contributed by atoms with van der Waals surface area (Å²) in [5, 5.41) is 3.55. The molecule has 0 bridgehead atoms. The number of hydrogen-bond acceptors (Lipinski definition) is 3. The normalized spacial score (nSPS) is 16.9. The lowest BCUT2D eigenvalue weighted by atomic mass is 10.1. The Bertz CT molecular complexity index is 360. The van der Waals surface area contributed by atoms with E-state index in [2.05, 4.69) is 32.4 Å². The van der Waals surface area contributed by atoms with Crippen LogP contribution in [-0.2, 0) is 0 Å². The molecular weight excluding hydrogens is 241 g/mol. The van der Waals surface area contributed by atoms with E-state index in [-0.39, 0.29) is 0 Å². The molecule has 1 aromatic carbocycles. The van der Waals surface area contributed by atoms with Gasteiger partial charge < -0.3 is 11.1 Å². The highest BCUT2D eigenvalue weighted by molar-refractivity contribution is 7.13. The van der Waals surface area contributed by atoms with Crippen LogP contribution in [0.25, 0.3) is 0 Å².